The van der Waals surface area contributed by atoms with E-state index in [1.807, 2.05) is 11.5 Å². The van der Waals surface area contributed by atoms with E-state index in [1.54, 1.807) is 0 Å². The van der Waals surface area contributed by atoms with Crippen LogP contribution in [0.2, 0.25) is 0 Å². The summed E-state index contributed by atoms with van der Waals surface area (Å²) in [5.41, 5.74) is 1.10. The Morgan fingerprint density at radius 1 is 1.64 bits per heavy atom. The van der Waals surface area contributed by atoms with Crippen LogP contribution < -0.4 is 0 Å². The molecule has 0 aliphatic rings. The largest absolute Gasteiger partial charge is 0.300 e. The molecule has 4 heteroatoms. The van der Waals surface area contributed by atoms with Crippen molar-refractivity contribution in [1.29, 1.82) is 0 Å². The Morgan fingerprint density at radius 3 is 2.93 bits per heavy atom. The van der Waals surface area contributed by atoms with Crippen LogP contribution in [0, 0.1) is 4.77 Å². The maximum atomic E-state index is 5.15. The Labute approximate surface area is 89.8 Å². The van der Waals surface area contributed by atoms with Gasteiger partial charge in [-0.2, -0.15) is 5.10 Å². The van der Waals surface area contributed by atoms with Crippen molar-refractivity contribution in [2.45, 2.75) is 39.7 Å². The predicted octanol–water partition coefficient (Wildman–Crippen LogP) is 2.86. The third kappa shape index (κ3) is 2.80. The molecule has 0 bridgehead atoms. The zero-order valence-electron chi connectivity index (χ0n) is 8.84. The molecule has 1 rings (SSSR count). The quantitative estimate of drug-likeness (QED) is 0.600. The minimum Gasteiger partial charge on any atom is -0.300 e. The first-order valence-corrected chi connectivity index (χ1v) is 5.34. The van der Waals surface area contributed by atoms with E-state index in [9.17, 15) is 0 Å². The fraction of sp³-hybridized carbons (Fsp3) is 0.600. The molecule has 0 radical (unpaired) electrons. The van der Waals surface area contributed by atoms with E-state index < -0.39 is 0 Å². The van der Waals surface area contributed by atoms with Crippen LogP contribution in [0.4, 0.5) is 0 Å². The molecule has 1 heterocycles. The summed E-state index contributed by atoms with van der Waals surface area (Å²) in [5, 5.41) is 7.04. The van der Waals surface area contributed by atoms with E-state index in [0.29, 0.717) is 4.77 Å². The van der Waals surface area contributed by atoms with Crippen LogP contribution in [-0.2, 0) is 13.0 Å². The molecule has 0 amide bonds. The molecule has 0 unspecified atom stereocenters. The van der Waals surface area contributed by atoms with Crippen molar-refractivity contribution in [2.24, 2.45) is 0 Å². The maximum Gasteiger partial charge on any atom is 0.195 e. The average Bonchev–Trinajstić information content (AvgIpc) is 2.45. The van der Waals surface area contributed by atoms with Crippen molar-refractivity contribution in [3.05, 3.63) is 22.7 Å². The zero-order valence-corrected chi connectivity index (χ0v) is 9.65. The Balaban J connectivity index is 2.83. The molecule has 1 aromatic heterocycles. The topological polar surface area (TPSA) is 33.6 Å². The maximum absolute atomic E-state index is 5.15. The number of hydrogen-bond acceptors (Lipinski definition) is 2. The van der Waals surface area contributed by atoms with E-state index in [4.69, 9.17) is 12.2 Å². The summed E-state index contributed by atoms with van der Waals surface area (Å²) >= 11 is 5.15. The van der Waals surface area contributed by atoms with Gasteiger partial charge in [-0.05, 0) is 25.6 Å². The Bertz CT molecular complexity index is 362. The minimum absolute atomic E-state index is 0.694. The Morgan fingerprint density at radius 2 is 2.36 bits per heavy atom. The molecule has 14 heavy (non-hydrogen) atoms. The van der Waals surface area contributed by atoms with Crippen LogP contribution in [0.5, 0.6) is 0 Å². The van der Waals surface area contributed by atoms with Gasteiger partial charge >= 0.3 is 0 Å². The van der Waals surface area contributed by atoms with Crippen LogP contribution in [0.25, 0.3) is 0 Å². The first-order chi connectivity index (χ1) is 6.65. The van der Waals surface area contributed by atoms with E-state index >= 15 is 0 Å². The van der Waals surface area contributed by atoms with Gasteiger partial charge in [-0.3, -0.25) is 5.10 Å². The van der Waals surface area contributed by atoms with Gasteiger partial charge in [0.2, 0.25) is 0 Å². The number of aromatic nitrogens is 3. The number of H-pyrrole nitrogens is 1. The SMILES string of the molecule is C=C(C)Cn1c(CCCC)n[nH]c1=S. The van der Waals surface area contributed by atoms with Gasteiger partial charge in [-0.15, -0.1) is 0 Å². The lowest BCUT2D eigenvalue weighted by Gasteiger charge is -2.05. The summed E-state index contributed by atoms with van der Waals surface area (Å²) < 4.78 is 2.71. The number of hydrogen-bond donors (Lipinski definition) is 1. The normalized spacial score (nSPS) is 10.4. The second-order valence-corrected chi connectivity index (χ2v) is 3.98. The lowest BCUT2D eigenvalue weighted by atomic mass is 10.2. The van der Waals surface area contributed by atoms with Crippen molar-refractivity contribution < 1.29 is 0 Å². The molecule has 1 N–H and O–H groups in total. The van der Waals surface area contributed by atoms with Crippen molar-refractivity contribution in [3.8, 4) is 0 Å². The molecule has 78 valence electrons. The molecule has 0 spiro atoms. The van der Waals surface area contributed by atoms with Gasteiger partial charge in [0.1, 0.15) is 5.82 Å². The van der Waals surface area contributed by atoms with Gasteiger partial charge in [-0.25, -0.2) is 0 Å². The zero-order chi connectivity index (χ0) is 10.6. The molecule has 0 aliphatic heterocycles. The molecule has 3 nitrogen and oxygen atoms in total. The fourth-order valence-corrected chi connectivity index (χ4v) is 1.52. The van der Waals surface area contributed by atoms with Crippen LogP contribution >= 0.6 is 12.2 Å². The molecule has 0 saturated carbocycles. The third-order valence-corrected chi connectivity index (χ3v) is 2.33. The first kappa shape index (κ1) is 11.2. The fourth-order valence-electron chi connectivity index (χ4n) is 1.31. The summed E-state index contributed by atoms with van der Waals surface area (Å²) in [6.45, 7) is 8.83. The van der Waals surface area contributed by atoms with Gasteiger partial charge in [0.05, 0.1) is 0 Å². The average molecular weight is 211 g/mol. The highest BCUT2D eigenvalue weighted by Crippen LogP contribution is 2.05. The summed E-state index contributed by atoms with van der Waals surface area (Å²) in [7, 11) is 0. The molecule has 1 aromatic rings. The van der Waals surface area contributed by atoms with Gasteiger partial charge in [0.25, 0.3) is 0 Å². The van der Waals surface area contributed by atoms with Crippen molar-refractivity contribution in [3.63, 3.8) is 0 Å². The first-order valence-electron chi connectivity index (χ1n) is 4.93. The number of rotatable bonds is 5. The summed E-state index contributed by atoms with van der Waals surface area (Å²) in [6.07, 6.45) is 3.30. The van der Waals surface area contributed by atoms with Gasteiger partial charge in [0, 0.05) is 13.0 Å². The number of aromatic amines is 1. The number of nitrogens with zero attached hydrogens (tertiary/aromatic N) is 2. The highest BCUT2D eigenvalue weighted by Gasteiger charge is 2.04. The van der Waals surface area contributed by atoms with E-state index in [0.717, 1.165) is 30.8 Å². The molecule has 0 fully saturated rings. The second-order valence-electron chi connectivity index (χ2n) is 3.59. The number of nitrogens with one attached hydrogen (secondary N) is 1. The third-order valence-electron chi connectivity index (χ3n) is 2.02. The Kier molecular flexibility index (Phi) is 4.07. The molecule has 0 aromatic carbocycles. The van der Waals surface area contributed by atoms with E-state index in [1.165, 1.54) is 6.42 Å². The van der Waals surface area contributed by atoms with Crippen molar-refractivity contribution in [2.75, 3.05) is 0 Å². The lowest BCUT2D eigenvalue weighted by Crippen LogP contribution is -2.04. The van der Waals surface area contributed by atoms with Crippen molar-refractivity contribution >= 4 is 12.2 Å². The highest BCUT2D eigenvalue weighted by atomic mass is 32.1. The van der Waals surface area contributed by atoms with Gasteiger partial charge < -0.3 is 4.57 Å². The monoisotopic (exact) mass is 211 g/mol. The van der Waals surface area contributed by atoms with Crippen LogP contribution in [0.15, 0.2) is 12.2 Å². The van der Waals surface area contributed by atoms with Crippen LogP contribution in [-0.4, -0.2) is 14.8 Å². The molecular formula is C10H17N3S. The number of allylic oxidation sites excluding steroid dienone is 1. The summed E-state index contributed by atoms with van der Waals surface area (Å²) in [4.78, 5) is 0. The number of aryl methyl sites for hydroxylation is 1. The summed E-state index contributed by atoms with van der Waals surface area (Å²) in [5.74, 6) is 1.04. The standard InChI is InChI=1S/C10H17N3S/c1-4-5-6-9-11-12-10(14)13(9)7-8(2)3/h2,4-7H2,1,3H3,(H,12,14). The number of unbranched alkanes of at least 4 members (excludes halogenated alkanes) is 1. The highest BCUT2D eigenvalue weighted by molar-refractivity contribution is 7.71. The van der Waals surface area contributed by atoms with Crippen molar-refractivity contribution in [1.82, 2.24) is 14.8 Å². The minimum atomic E-state index is 0.694. The predicted molar refractivity (Wildman–Crippen MR) is 60.8 cm³/mol. The lowest BCUT2D eigenvalue weighted by molar-refractivity contribution is 0.669. The Hall–Kier alpha value is -0.900. The van der Waals surface area contributed by atoms with Crippen LogP contribution in [0.3, 0.4) is 0 Å². The summed E-state index contributed by atoms with van der Waals surface area (Å²) in [6, 6.07) is 0. The smallest absolute Gasteiger partial charge is 0.195 e. The second kappa shape index (κ2) is 5.10. The van der Waals surface area contributed by atoms with E-state index in [2.05, 4.69) is 23.7 Å². The molecular weight excluding hydrogens is 194 g/mol. The van der Waals surface area contributed by atoms with Gasteiger partial charge in [0.15, 0.2) is 4.77 Å². The molecule has 0 atom stereocenters. The van der Waals surface area contributed by atoms with E-state index in [-0.39, 0.29) is 0 Å². The molecule has 0 saturated heterocycles. The van der Waals surface area contributed by atoms with Gasteiger partial charge in [-0.1, -0.05) is 25.5 Å². The van der Waals surface area contributed by atoms with Crippen LogP contribution in [0.1, 0.15) is 32.5 Å². The molecule has 0 aliphatic carbocycles.